The SMILES string of the molecule is O=S(=O)(Nc1ccc(-n2ccc(C(F)(F)F)n2)cc1)c1cccc(C(F)(F)F)c1. The minimum absolute atomic E-state index is 0.00867. The van der Waals surface area contributed by atoms with E-state index < -0.39 is 38.5 Å². The Kier molecular flexibility index (Phi) is 5.07. The van der Waals surface area contributed by atoms with Crippen LogP contribution in [0.1, 0.15) is 11.3 Å². The molecule has 0 aliphatic rings. The Morgan fingerprint density at radius 1 is 0.862 bits per heavy atom. The van der Waals surface area contributed by atoms with E-state index in [-0.39, 0.29) is 11.4 Å². The fraction of sp³-hybridized carbons (Fsp3) is 0.118. The maximum Gasteiger partial charge on any atom is 0.435 e. The summed E-state index contributed by atoms with van der Waals surface area (Å²) in [6.45, 7) is 0. The van der Waals surface area contributed by atoms with Gasteiger partial charge < -0.3 is 0 Å². The number of alkyl halides is 6. The molecule has 12 heteroatoms. The Labute approximate surface area is 160 Å². The summed E-state index contributed by atoms with van der Waals surface area (Å²) in [4.78, 5) is -0.585. The van der Waals surface area contributed by atoms with E-state index in [1.165, 1.54) is 24.3 Å². The molecule has 0 unspecified atom stereocenters. The van der Waals surface area contributed by atoms with Crippen LogP contribution >= 0.6 is 0 Å². The number of hydrogen-bond donors (Lipinski definition) is 1. The van der Waals surface area contributed by atoms with Gasteiger partial charge in [-0.15, -0.1) is 0 Å². The number of nitrogens with zero attached hydrogens (tertiary/aromatic N) is 2. The van der Waals surface area contributed by atoms with Crippen molar-refractivity contribution in [3.63, 3.8) is 0 Å². The highest BCUT2D eigenvalue weighted by Gasteiger charge is 2.34. The van der Waals surface area contributed by atoms with Gasteiger partial charge in [0.2, 0.25) is 0 Å². The van der Waals surface area contributed by atoms with E-state index in [0.29, 0.717) is 6.07 Å². The van der Waals surface area contributed by atoms with Crippen molar-refractivity contribution in [3.05, 3.63) is 72.1 Å². The van der Waals surface area contributed by atoms with Crippen LogP contribution in [0.4, 0.5) is 32.0 Å². The maximum absolute atomic E-state index is 12.8. The van der Waals surface area contributed by atoms with Gasteiger partial charge in [0.15, 0.2) is 5.69 Å². The Bertz CT molecular complexity index is 1120. The van der Waals surface area contributed by atoms with Crippen LogP contribution in [0.2, 0.25) is 0 Å². The van der Waals surface area contributed by atoms with Crippen molar-refractivity contribution in [1.82, 2.24) is 9.78 Å². The van der Waals surface area contributed by atoms with Gasteiger partial charge in [-0.3, -0.25) is 4.72 Å². The monoisotopic (exact) mass is 435 g/mol. The standard InChI is InChI=1S/C17H11F6N3O2S/c18-16(19,20)11-2-1-3-14(10-11)29(27,28)25-12-4-6-13(7-5-12)26-9-8-15(24-26)17(21,22)23/h1-10,25H. The molecule has 0 bridgehead atoms. The number of benzene rings is 2. The first-order valence-electron chi connectivity index (χ1n) is 7.80. The van der Waals surface area contributed by atoms with Crippen molar-refractivity contribution in [1.29, 1.82) is 0 Å². The number of aromatic nitrogens is 2. The molecule has 154 valence electrons. The summed E-state index contributed by atoms with van der Waals surface area (Å²) in [5, 5.41) is 3.38. The van der Waals surface area contributed by atoms with Gasteiger partial charge in [-0.1, -0.05) is 6.07 Å². The molecule has 0 amide bonds. The summed E-state index contributed by atoms with van der Waals surface area (Å²) in [5.41, 5.74) is -1.97. The lowest BCUT2D eigenvalue weighted by Gasteiger charge is -2.11. The molecule has 29 heavy (non-hydrogen) atoms. The van der Waals surface area contributed by atoms with Crippen molar-refractivity contribution in [3.8, 4) is 5.69 Å². The maximum atomic E-state index is 12.8. The van der Waals surface area contributed by atoms with E-state index >= 15 is 0 Å². The van der Waals surface area contributed by atoms with Crippen molar-refractivity contribution in [2.75, 3.05) is 4.72 Å². The molecule has 0 aliphatic carbocycles. The fourth-order valence-corrected chi connectivity index (χ4v) is 3.46. The average Bonchev–Trinajstić information content (AvgIpc) is 3.12. The third kappa shape index (κ3) is 4.70. The largest absolute Gasteiger partial charge is 0.435 e. The van der Waals surface area contributed by atoms with Crippen molar-refractivity contribution in [2.45, 2.75) is 17.2 Å². The topological polar surface area (TPSA) is 64.0 Å². The van der Waals surface area contributed by atoms with Crippen LogP contribution in [0.15, 0.2) is 65.7 Å². The van der Waals surface area contributed by atoms with Crippen molar-refractivity contribution >= 4 is 15.7 Å². The molecule has 3 aromatic rings. The average molecular weight is 435 g/mol. The predicted octanol–water partition coefficient (Wildman–Crippen LogP) is 4.71. The Balaban J connectivity index is 1.81. The van der Waals surface area contributed by atoms with Gasteiger partial charge in [0.1, 0.15) is 0 Å². The predicted molar refractivity (Wildman–Crippen MR) is 90.8 cm³/mol. The molecule has 3 rings (SSSR count). The van der Waals surface area contributed by atoms with E-state index in [1.807, 2.05) is 0 Å². The fourth-order valence-electron chi connectivity index (χ4n) is 2.35. The van der Waals surface area contributed by atoms with Crippen LogP contribution in [0.3, 0.4) is 0 Å². The Hall–Kier alpha value is -3.02. The van der Waals surface area contributed by atoms with E-state index in [0.717, 1.165) is 35.1 Å². The molecule has 0 saturated heterocycles. The number of sulfonamides is 1. The molecule has 0 radical (unpaired) electrons. The highest BCUT2D eigenvalue weighted by molar-refractivity contribution is 7.92. The second-order valence-corrected chi connectivity index (χ2v) is 7.50. The molecule has 0 aliphatic heterocycles. The van der Waals surface area contributed by atoms with Crippen LogP contribution in [0.5, 0.6) is 0 Å². The molecule has 0 fully saturated rings. The minimum atomic E-state index is -4.70. The zero-order valence-electron chi connectivity index (χ0n) is 14.2. The van der Waals surface area contributed by atoms with E-state index in [9.17, 15) is 34.8 Å². The smallest absolute Gasteiger partial charge is 0.280 e. The van der Waals surface area contributed by atoms with Gasteiger partial charge >= 0.3 is 12.4 Å². The highest BCUT2D eigenvalue weighted by Crippen LogP contribution is 2.31. The Morgan fingerprint density at radius 2 is 1.52 bits per heavy atom. The molecule has 5 nitrogen and oxygen atoms in total. The summed E-state index contributed by atoms with van der Waals surface area (Å²) in [6, 6.07) is 9.10. The lowest BCUT2D eigenvalue weighted by molar-refractivity contribution is -0.141. The molecule has 0 spiro atoms. The number of anilines is 1. The van der Waals surface area contributed by atoms with E-state index in [1.54, 1.807) is 0 Å². The summed E-state index contributed by atoms with van der Waals surface area (Å²) in [5.74, 6) is 0. The third-order valence-corrected chi connectivity index (χ3v) is 5.11. The summed E-state index contributed by atoms with van der Waals surface area (Å²) < 4.78 is 104. The Morgan fingerprint density at radius 3 is 2.07 bits per heavy atom. The zero-order chi connectivity index (χ0) is 21.4. The number of halogens is 6. The quantitative estimate of drug-likeness (QED) is 0.604. The van der Waals surface area contributed by atoms with Crippen LogP contribution in [-0.2, 0) is 22.4 Å². The second kappa shape index (κ2) is 7.10. The first-order chi connectivity index (χ1) is 13.4. The summed E-state index contributed by atoms with van der Waals surface area (Å²) in [6.07, 6.45) is -8.22. The zero-order valence-corrected chi connectivity index (χ0v) is 15.0. The number of nitrogens with one attached hydrogen (secondary N) is 1. The molecule has 2 aromatic carbocycles. The van der Waals surface area contributed by atoms with Gasteiger partial charge in [0.05, 0.1) is 16.1 Å². The molecule has 1 N–H and O–H groups in total. The number of hydrogen-bond acceptors (Lipinski definition) is 3. The van der Waals surface area contributed by atoms with E-state index in [4.69, 9.17) is 0 Å². The van der Waals surface area contributed by atoms with Gasteiger partial charge in [0, 0.05) is 11.9 Å². The van der Waals surface area contributed by atoms with Gasteiger partial charge in [-0.2, -0.15) is 31.4 Å². The van der Waals surface area contributed by atoms with Gasteiger partial charge in [-0.25, -0.2) is 13.1 Å². The van der Waals surface area contributed by atoms with Gasteiger partial charge in [-0.05, 0) is 48.5 Å². The molecular formula is C17H11F6N3O2S. The molecule has 0 atom stereocenters. The third-order valence-electron chi connectivity index (χ3n) is 3.74. The van der Waals surface area contributed by atoms with Gasteiger partial charge in [0.25, 0.3) is 10.0 Å². The lowest BCUT2D eigenvalue weighted by atomic mass is 10.2. The number of rotatable bonds is 4. The van der Waals surface area contributed by atoms with Crippen LogP contribution in [0.25, 0.3) is 5.69 Å². The molecular weight excluding hydrogens is 424 g/mol. The van der Waals surface area contributed by atoms with Crippen molar-refractivity contribution in [2.24, 2.45) is 0 Å². The summed E-state index contributed by atoms with van der Waals surface area (Å²) >= 11 is 0. The van der Waals surface area contributed by atoms with Crippen molar-refractivity contribution < 1.29 is 34.8 Å². The minimum Gasteiger partial charge on any atom is -0.280 e. The molecule has 1 aromatic heterocycles. The van der Waals surface area contributed by atoms with Crippen LogP contribution < -0.4 is 4.72 Å². The first-order valence-corrected chi connectivity index (χ1v) is 9.28. The highest BCUT2D eigenvalue weighted by atomic mass is 32.2. The lowest BCUT2D eigenvalue weighted by Crippen LogP contribution is -2.14. The molecule has 0 saturated carbocycles. The normalized spacial score (nSPS) is 12.8. The first kappa shape index (κ1) is 20.7. The summed E-state index contributed by atoms with van der Waals surface area (Å²) in [7, 11) is -4.31. The van der Waals surface area contributed by atoms with Crippen LogP contribution in [-0.4, -0.2) is 18.2 Å². The second-order valence-electron chi connectivity index (χ2n) is 5.82. The van der Waals surface area contributed by atoms with Crippen LogP contribution in [0, 0.1) is 0 Å². The molecule has 1 heterocycles. The van der Waals surface area contributed by atoms with E-state index in [2.05, 4.69) is 9.82 Å².